The van der Waals surface area contributed by atoms with Gasteiger partial charge in [0.2, 0.25) is 10.0 Å². The Morgan fingerprint density at radius 3 is 2.65 bits per heavy atom. The summed E-state index contributed by atoms with van der Waals surface area (Å²) in [5.41, 5.74) is 1.58. The molecule has 8 heteroatoms. The van der Waals surface area contributed by atoms with Gasteiger partial charge in [-0.1, -0.05) is 6.07 Å². The fourth-order valence-corrected chi connectivity index (χ4v) is 3.64. The number of thiophene rings is 1. The summed E-state index contributed by atoms with van der Waals surface area (Å²) >= 11 is 0.720. The molecule has 0 saturated heterocycles. The highest BCUT2D eigenvalue weighted by Crippen LogP contribution is 2.21. The van der Waals surface area contributed by atoms with Crippen molar-refractivity contribution in [2.45, 2.75) is 17.7 Å². The number of aromatic nitrogens is 1. The fraction of sp³-hybridized carbons (Fsp3) is 0.167. The number of aromatic carboxylic acids is 1. The molecule has 2 aromatic heterocycles. The minimum atomic E-state index is -3.70. The molecule has 0 amide bonds. The highest BCUT2D eigenvalue weighted by molar-refractivity contribution is 7.91. The highest BCUT2D eigenvalue weighted by atomic mass is 32.2. The van der Waals surface area contributed by atoms with Crippen LogP contribution in [0.5, 0.6) is 0 Å². The molecule has 0 aliphatic heterocycles. The molecular formula is C12H12N2O4S2. The largest absolute Gasteiger partial charge is 0.477 e. The SMILES string of the molecule is Cc1ccc(CNS(=O)(=O)c2ccc(C(=O)O)s2)cn1. The van der Waals surface area contributed by atoms with Crippen molar-refractivity contribution < 1.29 is 18.3 Å². The number of nitrogens with one attached hydrogen (secondary N) is 1. The van der Waals surface area contributed by atoms with Gasteiger partial charge in [-0.05, 0) is 30.7 Å². The van der Waals surface area contributed by atoms with Crippen molar-refractivity contribution in [2.75, 3.05) is 0 Å². The summed E-state index contributed by atoms with van der Waals surface area (Å²) in [6.45, 7) is 1.95. The molecule has 6 nitrogen and oxygen atoms in total. The van der Waals surface area contributed by atoms with Crippen LogP contribution in [-0.4, -0.2) is 24.5 Å². The van der Waals surface area contributed by atoms with Crippen LogP contribution >= 0.6 is 11.3 Å². The van der Waals surface area contributed by atoms with Gasteiger partial charge in [0.15, 0.2) is 0 Å². The number of carboxylic acids is 1. The lowest BCUT2D eigenvalue weighted by molar-refractivity contribution is 0.0702. The van der Waals surface area contributed by atoms with Gasteiger partial charge in [-0.2, -0.15) is 0 Å². The van der Waals surface area contributed by atoms with Crippen LogP contribution in [0.1, 0.15) is 20.9 Å². The maximum absolute atomic E-state index is 12.0. The molecule has 0 aliphatic carbocycles. The first-order chi connectivity index (χ1) is 9.38. The number of carbonyl (C=O) groups is 1. The molecule has 106 valence electrons. The predicted octanol–water partition coefficient (Wildman–Crippen LogP) is 1.63. The molecule has 2 N–H and O–H groups in total. The van der Waals surface area contributed by atoms with Gasteiger partial charge < -0.3 is 5.11 Å². The van der Waals surface area contributed by atoms with Crippen molar-refractivity contribution in [3.63, 3.8) is 0 Å². The number of carboxylic acid groups (broad SMARTS) is 1. The van der Waals surface area contributed by atoms with Crippen molar-refractivity contribution in [2.24, 2.45) is 0 Å². The van der Waals surface area contributed by atoms with E-state index in [1.807, 2.05) is 6.92 Å². The summed E-state index contributed by atoms with van der Waals surface area (Å²) in [7, 11) is -3.70. The topological polar surface area (TPSA) is 96.4 Å². The van der Waals surface area contributed by atoms with Gasteiger partial charge in [-0.3, -0.25) is 4.98 Å². The summed E-state index contributed by atoms with van der Waals surface area (Å²) in [5, 5.41) is 8.78. The fourth-order valence-electron chi connectivity index (χ4n) is 1.43. The maximum atomic E-state index is 12.0. The monoisotopic (exact) mass is 312 g/mol. The van der Waals surface area contributed by atoms with Crippen LogP contribution in [0, 0.1) is 6.92 Å². The number of aryl methyl sites for hydroxylation is 1. The Balaban J connectivity index is 2.10. The Morgan fingerprint density at radius 2 is 2.10 bits per heavy atom. The Kier molecular flexibility index (Phi) is 4.17. The van der Waals surface area contributed by atoms with Gasteiger partial charge in [-0.25, -0.2) is 17.9 Å². The standard InChI is InChI=1S/C12H12N2O4S2/c1-8-2-3-9(6-13-8)7-14-20(17,18)11-5-4-10(19-11)12(15)16/h2-6,14H,7H2,1H3,(H,15,16). The summed E-state index contributed by atoms with van der Waals surface area (Å²) in [4.78, 5) is 14.8. The molecule has 0 aliphatic rings. The second-order valence-corrected chi connectivity index (χ2v) is 7.13. The van der Waals surface area contributed by atoms with Crippen LogP contribution in [0.15, 0.2) is 34.7 Å². The summed E-state index contributed by atoms with van der Waals surface area (Å²) in [6, 6.07) is 6.12. The van der Waals surface area contributed by atoms with Gasteiger partial charge >= 0.3 is 5.97 Å². The number of pyridine rings is 1. The first-order valence-electron chi connectivity index (χ1n) is 5.63. The zero-order valence-electron chi connectivity index (χ0n) is 10.5. The van der Waals surface area contributed by atoms with Gasteiger partial charge in [0.25, 0.3) is 0 Å². The number of nitrogens with zero attached hydrogens (tertiary/aromatic N) is 1. The molecule has 2 rings (SSSR count). The van der Waals surface area contributed by atoms with Crippen molar-refractivity contribution in [3.8, 4) is 0 Å². The molecule has 0 aromatic carbocycles. The van der Waals surface area contributed by atoms with E-state index in [2.05, 4.69) is 9.71 Å². The van der Waals surface area contributed by atoms with Gasteiger partial charge in [0.1, 0.15) is 9.09 Å². The molecule has 2 heterocycles. The molecule has 0 radical (unpaired) electrons. The van der Waals surface area contributed by atoms with E-state index in [4.69, 9.17) is 5.11 Å². The van der Waals surface area contributed by atoms with Crippen LogP contribution < -0.4 is 4.72 Å². The third-order valence-electron chi connectivity index (χ3n) is 2.50. The van der Waals surface area contributed by atoms with Crippen molar-refractivity contribution in [3.05, 3.63) is 46.6 Å². The average molecular weight is 312 g/mol. The van der Waals surface area contributed by atoms with E-state index in [1.165, 1.54) is 12.1 Å². The lowest BCUT2D eigenvalue weighted by Crippen LogP contribution is -2.22. The average Bonchev–Trinajstić information content (AvgIpc) is 2.89. The van der Waals surface area contributed by atoms with E-state index in [0.29, 0.717) is 0 Å². The summed E-state index contributed by atoms with van der Waals surface area (Å²) in [6.07, 6.45) is 1.59. The third kappa shape index (κ3) is 3.41. The smallest absolute Gasteiger partial charge is 0.345 e. The van der Waals surface area contributed by atoms with Gasteiger partial charge in [0, 0.05) is 18.4 Å². The van der Waals surface area contributed by atoms with Crippen molar-refractivity contribution in [1.29, 1.82) is 0 Å². The second-order valence-electron chi connectivity index (χ2n) is 4.06. The summed E-state index contributed by atoms with van der Waals surface area (Å²) < 4.78 is 26.4. The molecule has 2 aromatic rings. The zero-order valence-corrected chi connectivity index (χ0v) is 12.2. The second kappa shape index (κ2) is 5.70. The van der Waals surface area contributed by atoms with E-state index in [0.717, 1.165) is 22.6 Å². The quantitative estimate of drug-likeness (QED) is 0.874. The predicted molar refractivity (Wildman–Crippen MR) is 74.3 cm³/mol. The Morgan fingerprint density at radius 1 is 1.35 bits per heavy atom. The van der Waals surface area contributed by atoms with Crippen LogP contribution in [0.2, 0.25) is 0 Å². The maximum Gasteiger partial charge on any atom is 0.345 e. The Labute approximate surface area is 120 Å². The van der Waals surface area contributed by atoms with E-state index in [-0.39, 0.29) is 15.6 Å². The Hall–Kier alpha value is -1.77. The number of sulfonamides is 1. The van der Waals surface area contributed by atoms with Gasteiger partial charge in [-0.15, -0.1) is 11.3 Å². The Bertz CT molecular complexity index is 720. The van der Waals surface area contributed by atoms with Crippen LogP contribution in [0.25, 0.3) is 0 Å². The molecule has 0 fully saturated rings. The normalized spacial score (nSPS) is 11.4. The van der Waals surface area contributed by atoms with Crippen molar-refractivity contribution in [1.82, 2.24) is 9.71 Å². The molecule has 20 heavy (non-hydrogen) atoms. The first-order valence-corrected chi connectivity index (χ1v) is 7.93. The molecular weight excluding hydrogens is 300 g/mol. The molecule has 0 bridgehead atoms. The van der Waals surface area contributed by atoms with E-state index in [9.17, 15) is 13.2 Å². The molecule has 0 atom stereocenters. The number of rotatable bonds is 5. The zero-order chi connectivity index (χ0) is 14.8. The van der Waals surface area contributed by atoms with Crippen molar-refractivity contribution >= 4 is 27.3 Å². The van der Waals surface area contributed by atoms with Crippen LogP contribution in [0.3, 0.4) is 0 Å². The van der Waals surface area contributed by atoms with E-state index < -0.39 is 16.0 Å². The van der Waals surface area contributed by atoms with Gasteiger partial charge in [0.05, 0.1) is 0 Å². The molecule has 0 spiro atoms. The lowest BCUT2D eigenvalue weighted by Gasteiger charge is -2.04. The minimum Gasteiger partial charge on any atom is -0.477 e. The van der Waals surface area contributed by atoms with Crippen LogP contribution in [0.4, 0.5) is 0 Å². The molecule has 0 saturated carbocycles. The first kappa shape index (κ1) is 14.6. The van der Waals surface area contributed by atoms with E-state index >= 15 is 0 Å². The number of hydrogen-bond donors (Lipinski definition) is 2. The lowest BCUT2D eigenvalue weighted by atomic mass is 10.2. The highest BCUT2D eigenvalue weighted by Gasteiger charge is 2.18. The molecule has 0 unspecified atom stereocenters. The number of hydrogen-bond acceptors (Lipinski definition) is 5. The third-order valence-corrected chi connectivity index (χ3v) is 5.46. The van der Waals surface area contributed by atoms with E-state index in [1.54, 1.807) is 18.3 Å². The summed E-state index contributed by atoms with van der Waals surface area (Å²) in [5.74, 6) is -1.14. The van der Waals surface area contributed by atoms with Crippen LogP contribution in [-0.2, 0) is 16.6 Å². The minimum absolute atomic E-state index is 0.0117.